The number of likely N-dealkylation sites (N-methyl/N-ethyl adjacent to an activating group) is 1. The molecule has 6 nitrogen and oxygen atoms in total. The lowest BCUT2D eigenvalue weighted by Gasteiger charge is -2.41. The van der Waals surface area contributed by atoms with Gasteiger partial charge in [0, 0.05) is 31.8 Å². The van der Waals surface area contributed by atoms with Crippen LogP contribution in [-0.4, -0.2) is 63.1 Å². The van der Waals surface area contributed by atoms with Crippen molar-refractivity contribution in [1.82, 2.24) is 9.21 Å². The Morgan fingerprint density at radius 3 is 2.44 bits per heavy atom. The summed E-state index contributed by atoms with van der Waals surface area (Å²) in [6.07, 6.45) is 3.42. The lowest BCUT2D eigenvalue weighted by Crippen LogP contribution is -2.56. The number of rotatable bonds is 3. The molecule has 106 valence electrons. The van der Waals surface area contributed by atoms with Crippen LogP contribution in [0.1, 0.15) is 25.7 Å². The Morgan fingerprint density at radius 2 is 1.89 bits per heavy atom. The predicted molar refractivity (Wildman–Crippen MR) is 69.3 cm³/mol. The average molecular weight is 277 g/mol. The molecular weight excluding hydrogens is 254 g/mol. The standard InChI is InChI=1S/C11H23N3O3S/c1-13-6-2-3-11(9-13)14(18(12,15)16)10-4-7-17-8-5-10/h10-11H,2-9H2,1H3,(H2,12,15,16). The first kappa shape index (κ1) is 14.2. The number of ether oxygens (including phenoxy) is 1. The molecule has 2 rings (SSSR count). The monoisotopic (exact) mass is 277 g/mol. The third-order valence-corrected chi connectivity index (χ3v) is 4.99. The number of nitrogens with two attached hydrogens (primary N) is 1. The van der Waals surface area contributed by atoms with Gasteiger partial charge in [-0.15, -0.1) is 0 Å². The zero-order valence-electron chi connectivity index (χ0n) is 10.9. The van der Waals surface area contributed by atoms with Crippen LogP contribution in [0.3, 0.4) is 0 Å². The number of likely N-dealkylation sites (tertiary alicyclic amines) is 1. The lowest BCUT2D eigenvalue weighted by atomic mass is 10.0. The van der Waals surface area contributed by atoms with Gasteiger partial charge in [0.15, 0.2) is 0 Å². The van der Waals surface area contributed by atoms with Crippen molar-refractivity contribution in [1.29, 1.82) is 0 Å². The summed E-state index contributed by atoms with van der Waals surface area (Å²) in [4.78, 5) is 2.17. The van der Waals surface area contributed by atoms with E-state index >= 15 is 0 Å². The van der Waals surface area contributed by atoms with E-state index in [4.69, 9.17) is 9.88 Å². The minimum absolute atomic E-state index is 0.00486. The Labute approximate surface area is 109 Å². The minimum atomic E-state index is -3.64. The van der Waals surface area contributed by atoms with Crippen LogP contribution in [0.15, 0.2) is 0 Å². The molecule has 7 heteroatoms. The van der Waals surface area contributed by atoms with Crippen LogP contribution in [0.5, 0.6) is 0 Å². The fourth-order valence-electron chi connectivity index (χ4n) is 3.00. The third kappa shape index (κ3) is 3.42. The smallest absolute Gasteiger partial charge is 0.277 e. The van der Waals surface area contributed by atoms with Crippen LogP contribution in [0.25, 0.3) is 0 Å². The van der Waals surface area contributed by atoms with E-state index in [1.165, 1.54) is 0 Å². The van der Waals surface area contributed by atoms with Gasteiger partial charge in [0.25, 0.3) is 10.2 Å². The summed E-state index contributed by atoms with van der Waals surface area (Å²) in [6.45, 7) is 3.05. The first-order valence-corrected chi connectivity index (χ1v) is 8.06. The van der Waals surface area contributed by atoms with Gasteiger partial charge < -0.3 is 9.64 Å². The van der Waals surface area contributed by atoms with Crippen molar-refractivity contribution in [3.05, 3.63) is 0 Å². The zero-order valence-corrected chi connectivity index (χ0v) is 11.7. The Bertz CT molecular complexity index is 368. The Hall–Kier alpha value is -0.210. The molecule has 0 amide bonds. The summed E-state index contributed by atoms with van der Waals surface area (Å²) >= 11 is 0. The molecule has 0 aromatic rings. The molecule has 2 heterocycles. The van der Waals surface area contributed by atoms with Crippen molar-refractivity contribution in [3.63, 3.8) is 0 Å². The Balaban J connectivity index is 2.14. The summed E-state index contributed by atoms with van der Waals surface area (Å²) < 4.78 is 30.6. The maximum atomic E-state index is 11.9. The maximum Gasteiger partial charge on any atom is 0.277 e. The lowest BCUT2D eigenvalue weighted by molar-refractivity contribution is 0.0392. The van der Waals surface area contributed by atoms with Gasteiger partial charge in [0.1, 0.15) is 0 Å². The zero-order chi connectivity index (χ0) is 13.2. The highest BCUT2D eigenvalue weighted by Gasteiger charge is 2.36. The van der Waals surface area contributed by atoms with E-state index in [-0.39, 0.29) is 12.1 Å². The van der Waals surface area contributed by atoms with Crippen LogP contribution < -0.4 is 5.14 Å². The summed E-state index contributed by atoms with van der Waals surface area (Å²) in [7, 11) is -1.61. The highest BCUT2D eigenvalue weighted by atomic mass is 32.2. The summed E-state index contributed by atoms with van der Waals surface area (Å²) in [6, 6.07) is 0.0205. The Kier molecular flexibility index (Phi) is 4.60. The number of hydrogen-bond donors (Lipinski definition) is 1. The second-order valence-electron chi connectivity index (χ2n) is 5.28. The van der Waals surface area contributed by atoms with E-state index in [2.05, 4.69) is 4.90 Å². The van der Waals surface area contributed by atoms with Crippen LogP contribution in [0.2, 0.25) is 0 Å². The van der Waals surface area contributed by atoms with Crippen LogP contribution in [0.4, 0.5) is 0 Å². The average Bonchev–Trinajstić information content (AvgIpc) is 2.28. The minimum Gasteiger partial charge on any atom is -0.381 e. The van der Waals surface area contributed by atoms with Crippen molar-refractivity contribution < 1.29 is 13.2 Å². The van der Waals surface area contributed by atoms with Crippen LogP contribution >= 0.6 is 0 Å². The van der Waals surface area contributed by atoms with E-state index in [9.17, 15) is 8.42 Å². The molecule has 0 aliphatic carbocycles. The maximum absolute atomic E-state index is 11.9. The normalized spacial score (nSPS) is 28.7. The highest BCUT2D eigenvalue weighted by molar-refractivity contribution is 7.86. The molecule has 0 bridgehead atoms. The molecule has 1 unspecified atom stereocenters. The van der Waals surface area contributed by atoms with Gasteiger partial charge in [-0.3, -0.25) is 0 Å². The fourth-order valence-corrected chi connectivity index (χ4v) is 4.21. The number of piperidine rings is 1. The van der Waals surface area contributed by atoms with Crippen LogP contribution in [0, 0.1) is 0 Å². The second-order valence-corrected chi connectivity index (χ2v) is 6.73. The van der Waals surface area contributed by atoms with Crippen LogP contribution in [-0.2, 0) is 14.9 Å². The van der Waals surface area contributed by atoms with Gasteiger partial charge >= 0.3 is 0 Å². The van der Waals surface area contributed by atoms with Gasteiger partial charge in [0.2, 0.25) is 0 Å². The summed E-state index contributed by atoms with van der Waals surface area (Å²) in [5, 5.41) is 5.43. The van der Waals surface area contributed by atoms with E-state index in [1.54, 1.807) is 4.31 Å². The van der Waals surface area contributed by atoms with Gasteiger partial charge in [-0.2, -0.15) is 12.7 Å². The topological polar surface area (TPSA) is 75.9 Å². The molecule has 0 radical (unpaired) electrons. The molecule has 2 aliphatic rings. The summed E-state index contributed by atoms with van der Waals surface area (Å²) in [5.74, 6) is 0. The third-order valence-electron chi connectivity index (χ3n) is 3.80. The second kappa shape index (κ2) is 5.83. The van der Waals surface area contributed by atoms with Gasteiger partial charge in [-0.1, -0.05) is 0 Å². The molecule has 2 saturated heterocycles. The first-order chi connectivity index (χ1) is 8.48. The van der Waals surface area contributed by atoms with Crippen molar-refractivity contribution >= 4 is 10.2 Å². The molecule has 2 N–H and O–H groups in total. The van der Waals surface area contributed by atoms with E-state index in [0.717, 1.165) is 38.8 Å². The SMILES string of the molecule is CN1CCCC(N(C2CCOCC2)S(N)(=O)=O)C1. The molecule has 18 heavy (non-hydrogen) atoms. The van der Waals surface area contributed by atoms with Gasteiger partial charge in [0.05, 0.1) is 0 Å². The van der Waals surface area contributed by atoms with E-state index in [1.807, 2.05) is 7.05 Å². The van der Waals surface area contributed by atoms with Crippen molar-refractivity contribution in [2.45, 2.75) is 37.8 Å². The largest absolute Gasteiger partial charge is 0.381 e. The molecule has 0 saturated carbocycles. The van der Waals surface area contributed by atoms with Crippen molar-refractivity contribution in [2.75, 3.05) is 33.4 Å². The predicted octanol–water partition coefficient (Wildman–Crippen LogP) is -0.235. The fraction of sp³-hybridized carbons (Fsp3) is 1.00. The molecule has 2 aliphatic heterocycles. The molecule has 0 aromatic heterocycles. The number of nitrogens with zero attached hydrogens (tertiary/aromatic N) is 2. The number of hydrogen-bond acceptors (Lipinski definition) is 4. The van der Waals surface area contributed by atoms with Gasteiger partial charge in [-0.05, 0) is 39.3 Å². The molecule has 1 atom stereocenters. The molecule has 0 aromatic carbocycles. The molecular formula is C11H23N3O3S. The van der Waals surface area contributed by atoms with E-state index < -0.39 is 10.2 Å². The first-order valence-electron chi connectivity index (χ1n) is 6.56. The highest BCUT2D eigenvalue weighted by Crippen LogP contribution is 2.24. The quantitative estimate of drug-likeness (QED) is 0.773. The van der Waals surface area contributed by atoms with E-state index in [0.29, 0.717) is 13.2 Å². The molecule has 0 spiro atoms. The summed E-state index contributed by atoms with van der Waals surface area (Å²) in [5.41, 5.74) is 0. The van der Waals surface area contributed by atoms with Crippen molar-refractivity contribution in [3.8, 4) is 0 Å². The van der Waals surface area contributed by atoms with Crippen molar-refractivity contribution in [2.24, 2.45) is 5.14 Å². The van der Waals surface area contributed by atoms with Gasteiger partial charge in [-0.25, -0.2) is 5.14 Å². The Morgan fingerprint density at radius 1 is 1.22 bits per heavy atom. The molecule has 2 fully saturated rings.